The third kappa shape index (κ3) is 6.07. The van der Waals surface area contributed by atoms with Crippen molar-refractivity contribution in [2.75, 3.05) is 51.3 Å². The zero-order valence-corrected chi connectivity index (χ0v) is 21.3. The SMILES string of the molecule is COCCC(N)c1ccc(C2CC(C)(C)CC(C)(C)C2)c(N2CCN(CC3CC3)CC2)c1. The predicted octanol–water partition coefficient (Wildman–Crippen LogP) is 5.57. The Morgan fingerprint density at radius 1 is 1.03 bits per heavy atom. The summed E-state index contributed by atoms with van der Waals surface area (Å²) in [5, 5.41) is 0. The number of nitrogens with two attached hydrogens (primary N) is 1. The van der Waals surface area contributed by atoms with Crippen molar-refractivity contribution in [1.82, 2.24) is 4.90 Å². The van der Waals surface area contributed by atoms with Gasteiger partial charge in [-0.05, 0) is 78.4 Å². The van der Waals surface area contributed by atoms with Crippen molar-refractivity contribution in [2.45, 2.75) is 78.2 Å². The molecule has 4 nitrogen and oxygen atoms in total. The fourth-order valence-electron chi connectivity index (χ4n) is 6.72. The molecule has 0 bridgehead atoms. The Morgan fingerprint density at radius 3 is 2.28 bits per heavy atom. The van der Waals surface area contributed by atoms with Gasteiger partial charge < -0.3 is 15.4 Å². The molecule has 1 unspecified atom stereocenters. The Hall–Kier alpha value is -1.10. The van der Waals surface area contributed by atoms with Gasteiger partial charge >= 0.3 is 0 Å². The van der Waals surface area contributed by atoms with Gasteiger partial charge in [0.25, 0.3) is 0 Å². The largest absolute Gasteiger partial charge is 0.385 e. The monoisotopic (exact) mass is 441 g/mol. The van der Waals surface area contributed by atoms with Crippen LogP contribution in [-0.4, -0.2) is 51.3 Å². The van der Waals surface area contributed by atoms with Gasteiger partial charge in [-0.25, -0.2) is 0 Å². The molecule has 2 N–H and O–H groups in total. The average molecular weight is 442 g/mol. The highest BCUT2D eigenvalue weighted by atomic mass is 16.5. The zero-order chi connectivity index (χ0) is 22.9. The fourth-order valence-corrected chi connectivity index (χ4v) is 6.72. The molecule has 1 aromatic rings. The molecule has 2 aliphatic carbocycles. The van der Waals surface area contributed by atoms with E-state index >= 15 is 0 Å². The summed E-state index contributed by atoms with van der Waals surface area (Å²) in [6.45, 7) is 16.5. The number of hydrogen-bond donors (Lipinski definition) is 1. The summed E-state index contributed by atoms with van der Waals surface area (Å²) < 4.78 is 5.30. The summed E-state index contributed by atoms with van der Waals surface area (Å²) >= 11 is 0. The van der Waals surface area contributed by atoms with Crippen LogP contribution in [0.2, 0.25) is 0 Å². The molecule has 0 amide bonds. The van der Waals surface area contributed by atoms with Crippen molar-refractivity contribution in [1.29, 1.82) is 0 Å². The summed E-state index contributed by atoms with van der Waals surface area (Å²) in [6.07, 6.45) is 7.62. The number of methoxy groups -OCH3 is 1. The van der Waals surface area contributed by atoms with E-state index in [1.54, 1.807) is 12.7 Å². The second kappa shape index (κ2) is 9.64. The maximum absolute atomic E-state index is 6.57. The molecule has 180 valence electrons. The minimum atomic E-state index is 0.0399. The Kier molecular flexibility index (Phi) is 7.24. The van der Waals surface area contributed by atoms with E-state index in [1.165, 1.54) is 63.0 Å². The highest BCUT2D eigenvalue weighted by molar-refractivity contribution is 5.58. The van der Waals surface area contributed by atoms with Crippen molar-refractivity contribution in [3.05, 3.63) is 29.3 Å². The van der Waals surface area contributed by atoms with Crippen LogP contribution in [0.15, 0.2) is 18.2 Å². The average Bonchev–Trinajstić information content (AvgIpc) is 3.54. The molecule has 1 saturated heterocycles. The standard InChI is InChI=1S/C28H47N3O/c1-27(2)17-23(18-28(3,4)20-27)24-9-8-22(25(29)10-15-32-5)16-26(24)31-13-11-30(12-14-31)19-21-6-7-21/h8-9,16,21,23,25H,6-7,10-15,17-20,29H2,1-5H3. The van der Waals surface area contributed by atoms with E-state index < -0.39 is 0 Å². The van der Waals surface area contributed by atoms with Gasteiger partial charge in [-0.3, -0.25) is 4.90 Å². The topological polar surface area (TPSA) is 41.7 Å². The van der Waals surface area contributed by atoms with Gasteiger partial charge in [-0.2, -0.15) is 0 Å². The van der Waals surface area contributed by atoms with E-state index in [1.807, 2.05) is 0 Å². The van der Waals surface area contributed by atoms with Crippen molar-refractivity contribution in [3.63, 3.8) is 0 Å². The first kappa shape index (κ1) is 24.0. The smallest absolute Gasteiger partial charge is 0.0480 e. The number of nitrogens with zero attached hydrogens (tertiary/aromatic N) is 2. The lowest BCUT2D eigenvalue weighted by Gasteiger charge is -2.46. The maximum atomic E-state index is 6.57. The van der Waals surface area contributed by atoms with Gasteiger partial charge in [-0.1, -0.05) is 39.8 Å². The van der Waals surface area contributed by atoms with Gasteiger partial charge in [-0.15, -0.1) is 0 Å². The first-order chi connectivity index (χ1) is 15.2. The predicted molar refractivity (Wildman–Crippen MR) is 135 cm³/mol. The number of piperazine rings is 1. The van der Waals surface area contributed by atoms with Gasteiger partial charge in [0.1, 0.15) is 0 Å². The summed E-state index contributed by atoms with van der Waals surface area (Å²) in [7, 11) is 1.76. The van der Waals surface area contributed by atoms with Crippen LogP contribution in [0.1, 0.15) is 89.3 Å². The maximum Gasteiger partial charge on any atom is 0.0480 e. The molecule has 0 aromatic heterocycles. The van der Waals surface area contributed by atoms with E-state index in [0.29, 0.717) is 23.4 Å². The summed E-state index contributed by atoms with van der Waals surface area (Å²) in [6, 6.07) is 7.20. The Labute approximate surface area is 196 Å². The third-order valence-corrected chi connectivity index (χ3v) is 8.04. The summed E-state index contributed by atoms with van der Waals surface area (Å²) in [4.78, 5) is 5.36. The van der Waals surface area contributed by atoms with Crippen LogP contribution in [0.5, 0.6) is 0 Å². The van der Waals surface area contributed by atoms with Gasteiger partial charge in [0.2, 0.25) is 0 Å². The second-order valence-electron chi connectivity index (χ2n) is 12.5. The molecule has 4 heteroatoms. The number of hydrogen-bond acceptors (Lipinski definition) is 4. The molecule has 1 aromatic carbocycles. The van der Waals surface area contributed by atoms with E-state index in [-0.39, 0.29) is 6.04 Å². The van der Waals surface area contributed by atoms with E-state index in [0.717, 1.165) is 25.4 Å². The minimum absolute atomic E-state index is 0.0399. The lowest BCUT2D eigenvalue weighted by atomic mass is 9.60. The molecule has 0 radical (unpaired) electrons. The number of rotatable bonds is 8. The minimum Gasteiger partial charge on any atom is -0.385 e. The van der Waals surface area contributed by atoms with Crippen LogP contribution >= 0.6 is 0 Å². The quantitative estimate of drug-likeness (QED) is 0.572. The second-order valence-corrected chi connectivity index (χ2v) is 12.5. The van der Waals surface area contributed by atoms with Crippen LogP contribution in [0, 0.1) is 16.7 Å². The van der Waals surface area contributed by atoms with Crippen LogP contribution in [0.4, 0.5) is 5.69 Å². The van der Waals surface area contributed by atoms with Crippen LogP contribution in [-0.2, 0) is 4.74 Å². The molecule has 32 heavy (non-hydrogen) atoms. The zero-order valence-electron chi connectivity index (χ0n) is 21.3. The lowest BCUT2D eigenvalue weighted by Crippen LogP contribution is -2.47. The van der Waals surface area contributed by atoms with Gasteiger partial charge in [0.15, 0.2) is 0 Å². The summed E-state index contributed by atoms with van der Waals surface area (Å²) in [5.41, 5.74) is 11.6. The molecule has 1 aliphatic heterocycles. The lowest BCUT2D eigenvalue weighted by molar-refractivity contribution is 0.0969. The van der Waals surface area contributed by atoms with Crippen molar-refractivity contribution in [3.8, 4) is 0 Å². The third-order valence-electron chi connectivity index (χ3n) is 8.04. The molecule has 1 heterocycles. The molecule has 2 saturated carbocycles. The molecule has 1 atom stereocenters. The Balaban J connectivity index is 1.59. The molecule has 4 rings (SSSR count). The number of ether oxygens (including phenoxy) is 1. The molecular weight excluding hydrogens is 394 g/mol. The number of anilines is 1. The normalized spacial score (nSPS) is 25.1. The summed E-state index contributed by atoms with van der Waals surface area (Å²) in [5.74, 6) is 1.60. The van der Waals surface area contributed by atoms with Gasteiger partial charge in [0.05, 0.1) is 0 Å². The molecular formula is C28H47N3O. The van der Waals surface area contributed by atoms with Crippen LogP contribution in [0.25, 0.3) is 0 Å². The Bertz CT molecular complexity index is 746. The fraction of sp³-hybridized carbons (Fsp3) is 0.786. The highest BCUT2D eigenvalue weighted by Gasteiger charge is 2.40. The van der Waals surface area contributed by atoms with E-state index in [2.05, 4.69) is 55.7 Å². The molecule has 3 fully saturated rings. The highest BCUT2D eigenvalue weighted by Crippen LogP contribution is 2.53. The van der Waals surface area contributed by atoms with Crippen molar-refractivity contribution in [2.24, 2.45) is 22.5 Å². The van der Waals surface area contributed by atoms with Crippen molar-refractivity contribution >= 4 is 5.69 Å². The molecule has 0 spiro atoms. The van der Waals surface area contributed by atoms with E-state index in [4.69, 9.17) is 10.5 Å². The van der Waals surface area contributed by atoms with Crippen molar-refractivity contribution < 1.29 is 4.74 Å². The van der Waals surface area contributed by atoms with Crippen LogP contribution < -0.4 is 10.6 Å². The van der Waals surface area contributed by atoms with Crippen LogP contribution in [0.3, 0.4) is 0 Å². The van der Waals surface area contributed by atoms with Gasteiger partial charge in [0, 0.05) is 58.2 Å². The molecule has 3 aliphatic rings. The first-order valence-corrected chi connectivity index (χ1v) is 13.0. The first-order valence-electron chi connectivity index (χ1n) is 13.0. The Morgan fingerprint density at radius 2 is 1.69 bits per heavy atom. The number of benzene rings is 1. The van der Waals surface area contributed by atoms with E-state index in [9.17, 15) is 0 Å².